The van der Waals surface area contributed by atoms with Crippen LogP contribution in [0.4, 0.5) is 0 Å². The van der Waals surface area contributed by atoms with Gasteiger partial charge in [-0.25, -0.2) is 0 Å². The third-order valence-electron chi connectivity index (χ3n) is 5.35. The van der Waals surface area contributed by atoms with Crippen LogP contribution in [0.5, 0.6) is 0 Å². The molecule has 2 aromatic rings. The highest BCUT2D eigenvalue weighted by Gasteiger charge is 2.45. The van der Waals surface area contributed by atoms with Crippen molar-refractivity contribution < 1.29 is 34.7 Å². The molecule has 8 heteroatoms. The molecular formula is C24H29NO7. The van der Waals surface area contributed by atoms with Crippen molar-refractivity contribution in [2.75, 3.05) is 20.2 Å². The van der Waals surface area contributed by atoms with E-state index in [0.717, 1.165) is 11.1 Å². The van der Waals surface area contributed by atoms with Gasteiger partial charge in [-0.05, 0) is 17.2 Å². The standard InChI is InChI=1S/C24H29NO7/c1-25(20(27)13-12-16-8-4-2-5-9-16)14-18(17-10-6-3-7-11-17)31-24-23(30)22(29)21(28)19(15-26)32-24/h2-13,18-19,21-24,26,28-30H,14-15H2,1H3/t18-,19-,21-,22+,23-,24-/m0/s1. The Morgan fingerprint density at radius 3 is 2.28 bits per heavy atom. The number of carbonyl (C=O) groups excluding carboxylic acids is 1. The number of nitrogens with zero attached hydrogens (tertiary/aromatic N) is 1. The molecular weight excluding hydrogens is 414 g/mol. The first-order chi connectivity index (χ1) is 15.4. The molecule has 1 aliphatic heterocycles. The molecule has 3 rings (SSSR count). The van der Waals surface area contributed by atoms with Gasteiger partial charge in [-0.2, -0.15) is 0 Å². The van der Waals surface area contributed by atoms with Crippen LogP contribution in [0.3, 0.4) is 0 Å². The van der Waals surface area contributed by atoms with E-state index in [9.17, 15) is 25.2 Å². The fourth-order valence-electron chi connectivity index (χ4n) is 3.43. The van der Waals surface area contributed by atoms with E-state index in [-0.39, 0.29) is 12.5 Å². The monoisotopic (exact) mass is 443 g/mol. The second-order valence-corrected chi connectivity index (χ2v) is 7.70. The Kier molecular flexibility index (Phi) is 8.52. The summed E-state index contributed by atoms with van der Waals surface area (Å²) < 4.78 is 11.4. The number of benzene rings is 2. The number of hydrogen-bond donors (Lipinski definition) is 4. The van der Waals surface area contributed by atoms with Crippen molar-refractivity contribution in [2.24, 2.45) is 0 Å². The maximum Gasteiger partial charge on any atom is 0.246 e. The van der Waals surface area contributed by atoms with Gasteiger partial charge in [0.1, 0.15) is 30.5 Å². The minimum Gasteiger partial charge on any atom is -0.394 e. The van der Waals surface area contributed by atoms with E-state index in [1.54, 1.807) is 13.1 Å². The largest absolute Gasteiger partial charge is 0.394 e. The van der Waals surface area contributed by atoms with Gasteiger partial charge in [0.2, 0.25) is 5.91 Å². The molecule has 0 bridgehead atoms. The summed E-state index contributed by atoms with van der Waals surface area (Å²) in [6, 6.07) is 18.5. The Balaban J connectivity index is 1.73. The second kappa shape index (κ2) is 11.3. The number of likely N-dealkylation sites (N-methyl/N-ethyl adjacent to an activating group) is 1. The van der Waals surface area contributed by atoms with Gasteiger partial charge in [-0.3, -0.25) is 4.79 Å². The summed E-state index contributed by atoms with van der Waals surface area (Å²) in [5.74, 6) is -0.243. The van der Waals surface area contributed by atoms with Gasteiger partial charge in [0, 0.05) is 13.1 Å². The van der Waals surface area contributed by atoms with Gasteiger partial charge < -0.3 is 34.8 Å². The van der Waals surface area contributed by atoms with Gasteiger partial charge >= 0.3 is 0 Å². The van der Waals surface area contributed by atoms with E-state index < -0.39 is 43.4 Å². The predicted octanol–water partition coefficient (Wildman–Crippen LogP) is 0.716. The molecule has 2 aromatic carbocycles. The number of carbonyl (C=O) groups is 1. The Hall–Kier alpha value is -2.59. The lowest BCUT2D eigenvalue weighted by Gasteiger charge is -2.41. The average Bonchev–Trinajstić information content (AvgIpc) is 2.83. The first-order valence-electron chi connectivity index (χ1n) is 10.4. The van der Waals surface area contributed by atoms with Crippen LogP contribution >= 0.6 is 0 Å². The molecule has 0 aliphatic carbocycles. The maximum atomic E-state index is 12.6. The number of rotatable bonds is 8. The third-order valence-corrected chi connectivity index (χ3v) is 5.35. The Morgan fingerprint density at radius 2 is 1.66 bits per heavy atom. The summed E-state index contributed by atoms with van der Waals surface area (Å²) in [5, 5.41) is 39.8. The smallest absolute Gasteiger partial charge is 0.246 e. The van der Waals surface area contributed by atoms with Gasteiger partial charge in [0.05, 0.1) is 13.2 Å². The molecule has 8 nitrogen and oxygen atoms in total. The molecule has 0 spiro atoms. The molecule has 4 N–H and O–H groups in total. The molecule has 172 valence electrons. The summed E-state index contributed by atoms with van der Waals surface area (Å²) >= 11 is 0. The van der Waals surface area contributed by atoms with E-state index in [0.29, 0.717) is 0 Å². The first kappa shape index (κ1) is 24.1. The SMILES string of the molecule is CN(C[C@H](O[C@H]1O[C@@H](CO)[C@H](O)[C@@H](O)[C@@H]1O)c1ccccc1)C(=O)C=Cc1ccccc1. The molecule has 6 atom stereocenters. The lowest BCUT2D eigenvalue weighted by molar-refractivity contribution is -0.312. The van der Waals surface area contributed by atoms with Crippen molar-refractivity contribution in [3.8, 4) is 0 Å². The first-order valence-corrected chi connectivity index (χ1v) is 10.4. The van der Waals surface area contributed by atoms with Crippen molar-refractivity contribution in [2.45, 2.75) is 36.8 Å². The average molecular weight is 443 g/mol. The molecule has 32 heavy (non-hydrogen) atoms. The molecule has 0 radical (unpaired) electrons. The predicted molar refractivity (Wildman–Crippen MR) is 117 cm³/mol. The van der Waals surface area contributed by atoms with Crippen LogP contribution in [-0.4, -0.2) is 82.1 Å². The fraction of sp³-hybridized carbons (Fsp3) is 0.375. The number of aliphatic hydroxyl groups excluding tert-OH is 4. The zero-order chi connectivity index (χ0) is 23.1. The van der Waals surface area contributed by atoms with Crippen molar-refractivity contribution in [1.82, 2.24) is 4.90 Å². The quantitative estimate of drug-likeness (QED) is 0.444. The van der Waals surface area contributed by atoms with Crippen molar-refractivity contribution >= 4 is 12.0 Å². The highest BCUT2D eigenvalue weighted by atomic mass is 16.7. The normalized spacial score (nSPS) is 26.7. The highest BCUT2D eigenvalue weighted by Crippen LogP contribution is 2.28. The summed E-state index contributed by atoms with van der Waals surface area (Å²) in [5.41, 5.74) is 1.63. The highest BCUT2D eigenvalue weighted by molar-refractivity contribution is 5.91. The zero-order valence-electron chi connectivity index (χ0n) is 17.8. The molecule has 1 aliphatic rings. The molecule has 1 saturated heterocycles. The molecule has 0 unspecified atom stereocenters. The molecule has 1 heterocycles. The zero-order valence-corrected chi connectivity index (χ0v) is 17.8. The van der Waals surface area contributed by atoms with Crippen LogP contribution in [-0.2, 0) is 14.3 Å². The van der Waals surface area contributed by atoms with E-state index in [2.05, 4.69) is 0 Å². The molecule has 1 fully saturated rings. The van der Waals surface area contributed by atoms with E-state index in [1.165, 1.54) is 11.0 Å². The third kappa shape index (κ3) is 6.01. The Labute approximate surface area is 186 Å². The van der Waals surface area contributed by atoms with Crippen LogP contribution in [0.15, 0.2) is 66.7 Å². The molecule has 0 aromatic heterocycles. The summed E-state index contributed by atoms with van der Waals surface area (Å²) in [4.78, 5) is 14.1. The molecule has 0 saturated carbocycles. The van der Waals surface area contributed by atoms with Crippen molar-refractivity contribution in [3.05, 3.63) is 77.9 Å². The minimum atomic E-state index is -1.55. The van der Waals surface area contributed by atoms with Crippen LogP contribution in [0.25, 0.3) is 6.08 Å². The van der Waals surface area contributed by atoms with Crippen LogP contribution in [0, 0.1) is 0 Å². The number of amides is 1. The minimum absolute atomic E-state index is 0.136. The Bertz CT molecular complexity index is 874. The van der Waals surface area contributed by atoms with Crippen LogP contribution in [0.2, 0.25) is 0 Å². The Morgan fingerprint density at radius 1 is 1.03 bits per heavy atom. The fourth-order valence-corrected chi connectivity index (χ4v) is 3.43. The molecule has 1 amide bonds. The second-order valence-electron chi connectivity index (χ2n) is 7.70. The summed E-state index contributed by atoms with van der Waals surface area (Å²) in [6.45, 7) is -0.416. The van der Waals surface area contributed by atoms with Crippen molar-refractivity contribution in [1.29, 1.82) is 0 Å². The number of aliphatic hydroxyl groups is 4. The van der Waals surface area contributed by atoms with Gasteiger partial charge in [-0.15, -0.1) is 0 Å². The number of hydrogen-bond acceptors (Lipinski definition) is 7. The summed E-state index contributed by atoms with van der Waals surface area (Å²) in [7, 11) is 1.63. The topological polar surface area (TPSA) is 120 Å². The van der Waals surface area contributed by atoms with E-state index >= 15 is 0 Å². The maximum absolute atomic E-state index is 12.6. The van der Waals surface area contributed by atoms with E-state index in [4.69, 9.17) is 9.47 Å². The number of ether oxygens (including phenoxy) is 2. The van der Waals surface area contributed by atoms with Crippen LogP contribution in [0.1, 0.15) is 17.2 Å². The van der Waals surface area contributed by atoms with Gasteiger partial charge in [-0.1, -0.05) is 60.7 Å². The summed E-state index contributed by atoms with van der Waals surface area (Å²) in [6.07, 6.45) is -4.45. The van der Waals surface area contributed by atoms with E-state index in [1.807, 2.05) is 60.7 Å². The van der Waals surface area contributed by atoms with Gasteiger partial charge in [0.25, 0.3) is 0 Å². The lowest BCUT2D eigenvalue weighted by atomic mass is 9.99. The van der Waals surface area contributed by atoms with Crippen molar-refractivity contribution in [3.63, 3.8) is 0 Å². The van der Waals surface area contributed by atoms with Gasteiger partial charge in [0.15, 0.2) is 6.29 Å². The lowest BCUT2D eigenvalue weighted by Crippen LogP contribution is -2.59. The van der Waals surface area contributed by atoms with Crippen LogP contribution < -0.4 is 0 Å².